The summed E-state index contributed by atoms with van der Waals surface area (Å²) in [7, 11) is 0. The van der Waals surface area contributed by atoms with Gasteiger partial charge in [-0.1, -0.05) is 26.2 Å². The van der Waals surface area contributed by atoms with Gasteiger partial charge >= 0.3 is 5.97 Å². The highest BCUT2D eigenvalue weighted by Crippen LogP contribution is 2.40. The smallest absolute Gasteiger partial charge is 0.323 e. The van der Waals surface area contributed by atoms with E-state index in [1.54, 1.807) is 20.8 Å². The van der Waals surface area contributed by atoms with Gasteiger partial charge < -0.3 is 9.64 Å². The van der Waals surface area contributed by atoms with E-state index in [9.17, 15) is 14.4 Å². The van der Waals surface area contributed by atoms with Crippen LogP contribution in [0.25, 0.3) is 0 Å². The fourth-order valence-corrected chi connectivity index (χ4v) is 4.54. The quantitative estimate of drug-likeness (QED) is 0.668. The van der Waals surface area contributed by atoms with Crippen LogP contribution in [0.2, 0.25) is 0 Å². The average molecular weight is 367 g/mol. The number of ketones is 1. The minimum Gasteiger partial charge on any atom is -0.465 e. The van der Waals surface area contributed by atoms with Crippen molar-refractivity contribution >= 4 is 17.7 Å². The Kier molecular flexibility index (Phi) is 7.62. The largest absolute Gasteiger partial charge is 0.465 e. The van der Waals surface area contributed by atoms with Crippen LogP contribution in [0.1, 0.15) is 72.6 Å². The Hall–Kier alpha value is -1.43. The van der Waals surface area contributed by atoms with Gasteiger partial charge in [0.1, 0.15) is 6.04 Å². The maximum Gasteiger partial charge on any atom is 0.323 e. The Bertz CT molecular complexity index is 522. The summed E-state index contributed by atoms with van der Waals surface area (Å²) in [6.45, 7) is 7.47. The summed E-state index contributed by atoms with van der Waals surface area (Å²) in [5.41, 5.74) is 0. The van der Waals surface area contributed by atoms with E-state index < -0.39 is 12.1 Å². The summed E-state index contributed by atoms with van der Waals surface area (Å²) in [4.78, 5) is 39.3. The summed E-state index contributed by atoms with van der Waals surface area (Å²) < 4.78 is 5.13. The monoisotopic (exact) mass is 366 g/mol. The fourth-order valence-electron chi connectivity index (χ4n) is 4.54. The number of hydrogen-bond acceptors (Lipinski definition) is 5. The van der Waals surface area contributed by atoms with Crippen molar-refractivity contribution in [3.8, 4) is 0 Å². The molecule has 6 heteroatoms. The number of fused-ring (bicyclic) bond motifs is 1. The molecule has 0 unspecified atom stereocenters. The van der Waals surface area contributed by atoms with Gasteiger partial charge in [-0.2, -0.15) is 0 Å². The molecule has 148 valence electrons. The molecule has 0 aromatic carbocycles. The molecule has 5 atom stereocenters. The molecule has 1 aliphatic heterocycles. The average Bonchev–Trinajstić information content (AvgIpc) is 3.00. The number of hydrogen-bond donors (Lipinski definition) is 1. The third kappa shape index (κ3) is 4.64. The van der Waals surface area contributed by atoms with Gasteiger partial charge in [0.05, 0.1) is 18.7 Å². The molecule has 0 radical (unpaired) electrons. The van der Waals surface area contributed by atoms with Crippen molar-refractivity contribution in [2.24, 2.45) is 5.92 Å². The first-order valence-corrected chi connectivity index (χ1v) is 10.2. The number of ether oxygens (including phenoxy) is 1. The molecule has 2 rings (SSSR count). The molecule has 0 aromatic rings. The Balaban J connectivity index is 2.10. The summed E-state index contributed by atoms with van der Waals surface area (Å²) in [6, 6.07) is -1.15. The minimum absolute atomic E-state index is 0.0648. The van der Waals surface area contributed by atoms with Crippen molar-refractivity contribution in [1.82, 2.24) is 10.2 Å². The molecule has 0 aromatic heterocycles. The highest BCUT2D eigenvalue weighted by Gasteiger charge is 2.47. The van der Waals surface area contributed by atoms with Gasteiger partial charge in [-0.25, -0.2) is 0 Å². The molecule has 1 saturated carbocycles. The predicted octanol–water partition coefficient (Wildman–Crippen LogP) is 2.44. The van der Waals surface area contributed by atoms with Crippen LogP contribution in [0.3, 0.4) is 0 Å². The lowest BCUT2D eigenvalue weighted by molar-refractivity contribution is -0.147. The van der Waals surface area contributed by atoms with Gasteiger partial charge in [-0.15, -0.1) is 0 Å². The second kappa shape index (κ2) is 9.49. The third-order valence-corrected chi connectivity index (χ3v) is 5.78. The van der Waals surface area contributed by atoms with Crippen LogP contribution in [0.5, 0.6) is 0 Å². The zero-order chi connectivity index (χ0) is 19.3. The number of nitrogens with zero attached hydrogens (tertiary/aromatic N) is 1. The van der Waals surface area contributed by atoms with Crippen molar-refractivity contribution < 1.29 is 19.1 Å². The van der Waals surface area contributed by atoms with Gasteiger partial charge in [-0.05, 0) is 52.4 Å². The summed E-state index contributed by atoms with van der Waals surface area (Å²) in [5, 5.41) is 3.16. The van der Waals surface area contributed by atoms with E-state index in [-0.39, 0.29) is 29.7 Å². The Morgan fingerprint density at radius 1 is 1.19 bits per heavy atom. The van der Waals surface area contributed by atoms with Crippen molar-refractivity contribution in [3.63, 3.8) is 0 Å². The molecule has 2 fully saturated rings. The Morgan fingerprint density at radius 2 is 1.88 bits per heavy atom. The Labute approximate surface area is 157 Å². The lowest BCUT2D eigenvalue weighted by Gasteiger charge is -2.35. The number of rotatable bonds is 8. The van der Waals surface area contributed by atoms with E-state index in [4.69, 9.17) is 4.74 Å². The zero-order valence-corrected chi connectivity index (χ0v) is 16.6. The number of Topliss-reactive ketones (excluding diaryl/α,β-unsaturated/α-hetero) is 1. The number of likely N-dealkylation sites (tertiary alicyclic amines) is 1. The molecule has 1 saturated heterocycles. The van der Waals surface area contributed by atoms with E-state index in [0.29, 0.717) is 18.9 Å². The lowest BCUT2D eigenvalue weighted by atomic mass is 9.84. The summed E-state index contributed by atoms with van der Waals surface area (Å²) >= 11 is 0. The van der Waals surface area contributed by atoms with Gasteiger partial charge in [-0.3, -0.25) is 19.7 Å². The third-order valence-electron chi connectivity index (χ3n) is 5.78. The van der Waals surface area contributed by atoms with Crippen LogP contribution in [-0.4, -0.2) is 53.3 Å². The molecule has 6 nitrogen and oxygen atoms in total. The van der Waals surface area contributed by atoms with Gasteiger partial charge in [0.25, 0.3) is 0 Å². The molecular formula is C20H34N2O4. The molecule has 1 heterocycles. The van der Waals surface area contributed by atoms with E-state index in [1.807, 2.05) is 11.8 Å². The van der Waals surface area contributed by atoms with E-state index in [0.717, 1.165) is 32.1 Å². The number of nitrogens with one attached hydrogen (secondary N) is 1. The maximum atomic E-state index is 13.2. The number of esters is 1. The van der Waals surface area contributed by atoms with Crippen LogP contribution in [-0.2, 0) is 19.1 Å². The van der Waals surface area contributed by atoms with Gasteiger partial charge in [0.2, 0.25) is 5.91 Å². The first-order valence-electron chi connectivity index (χ1n) is 10.2. The van der Waals surface area contributed by atoms with Crippen molar-refractivity contribution in [2.45, 2.75) is 96.8 Å². The van der Waals surface area contributed by atoms with E-state index in [2.05, 4.69) is 5.32 Å². The second-order valence-electron chi connectivity index (χ2n) is 7.70. The van der Waals surface area contributed by atoms with Crippen LogP contribution >= 0.6 is 0 Å². The number of amides is 1. The standard InChI is InChI=1S/C20H34N2O4/c1-5-9-16(20(25)26-6-2)21-13(3)19(24)22-17-11-8-7-10-15(17)12-18(22)14(4)23/h13,15-18,21H,5-12H2,1-4H3/t13-,15-,16-,17-,18-/m0/s1. The molecule has 0 bridgehead atoms. The van der Waals surface area contributed by atoms with Crippen LogP contribution in [0.4, 0.5) is 0 Å². The second-order valence-corrected chi connectivity index (χ2v) is 7.70. The predicted molar refractivity (Wildman–Crippen MR) is 99.6 cm³/mol. The topological polar surface area (TPSA) is 75.7 Å². The molecule has 1 aliphatic carbocycles. The van der Waals surface area contributed by atoms with Crippen molar-refractivity contribution in [2.75, 3.05) is 6.61 Å². The van der Waals surface area contributed by atoms with Crippen LogP contribution < -0.4 is 5.32 Å². The van der Waals surface area contributed by atoms with Gasteiger partial charge in [0.15, 0.2) is 5.78 Å². The SMILES string of the molecule is CCC[C@H](N[C@@H](C)C(=O)N1[C@H](C(C)=O)C[C@@H]2CCCC[C@@H]21)C(=O)OCC. The molecule has 1 N–H and O–H groups in total. The van der Waals surface area contributed by atoms with E-state index >= 15 is 0 Å². The van der Waals surface area contributed by atoms with E-state index in [1.165, 1.54) is 6.42 Å². The highest BCUT2D eigenvalue weighted by atomic mass is 16.5. The fraction of sp³-hybridized carbons (Fsp3) is 0.850. The number of carbonyl (C=O) groups is 3. The Morgan fingerprint density at radius 3 is 2.50 bits per heavy atom. The lowest BCUT2D eigenvalue weighted by Crippen LogP contribution is -2.55. The summed E-state index contributed by atoms with van der Waals surface area (Å²) in [6.07, 6.45) is 6.60. The minimum atomic E-state index is -0.515. The first-order chi connectivity index (χ1) is 12.4. The molecule has 0 spiro atoms. The molecule has 26 heavy (non-hydrogen) atoms. The molecule has 1 amide bonds. The summed E-state index contributed by atoms with van der Waals surface area (Å²) in [5.74, 6) is 0.125. The normalized spacial score (nSPS) is 27.5. The van der Waals surface area contributed by atoms with Crippen molar-refractivity contribution in [1.29, 1.82) is 0 Å². The zero-order valence-electron chi connectivity index (χ0n) is 16.6. The molecular weight excluding hydrogens is 332 g/mol. The van der Waals surface area contributed by atoms with Crippen LogP contribution in [0.15, 0.2) is 0 Å². The molecule has 2 aliphatic rings. The maximum absolute atomic E-state index is 13.2. The van der Waals surface area contributed by atoms with Crippen LogP contribution in [0, 0.1) is 5.92 Å². The van der Waals surface area contributed by atoms with Crippen molar-refractivity contribution in [3.05, 3.63) is 0 Å². The number of carbonyl (C=O) groups excluding carboxylic acids is 3. The first kappa shape index (κ1) is 20.9. The van der Waals surface area contributed by atoms with Gasteiger partial charge in [0, 0.05) is 6.04 Å². The highest BCUT2D eigenvalue weighted by molar-refractivity contribution is 5.91.